The Balaban J connectivity index is 1.51. The Morgan fingerprint density at radius 3 is 2.79 bits per heavy atom. The third-order valence-electron chi connectivity index (χ3n) is 5.79. The number of nitrogens with one attached hydrogen (secondary N) is 2. The summed E-state index contributed by atoms with van der Waals surface area (Å²) in [6.45, 7) is 2.21. The SMILES string of the molecule is CCCCCCCSc1nnc2c(n1)O[C@@]1(Nc3ccccc3-2)C(=O)Nc2ccc(Cl)cc21. The summed E-state index contributed by atoms with van der Waals surface area (Å²) in [6, 6.07) is 12.8. The number of nitrogens with zero attached hydrogens (tertiary/aromatic N) is 3. The Hall–Kier alpha value is -2.84. The number of aromatic nitrogens is 3. The van der Waals surface area contributed by atoms with E-state index in [0.29, 0.717) is 32.8 Å². The van der Waals surface area contributed by atoms with Crippen LogP contribution in [0, 0.1) is 0 Å². The normalized spacial score (nSPS) is 17.9. The van der Waals surface area contributed by atoms with Gasteiger partial charge in [0.1, 0.15) is 0 Å². The summed E-state index contributed by atoms with van der Waals surface area (Å²) in [4.78, 5) is 17.9. The Morgan fingerprint density at radius 1 is 1.06 bits per heavy atom. The molecule has 2 aliphatic heterocycles. The number of anilines is 2. The predicted octanol–water partition coefficient (Wildman–Crippen LogP) is 5.86. The topological polar surface area (TPSA) is 89.0 Å². The highest BCUT2D eigenvalue weighted by Gasteiger charge is 2.52. The van der Waals surface area contributed by atoms with Gasteiger partial charge in [-0.2, -0.15) is 4.98 Å². The zero-order valence-corrected chi connectivity index (χ0v) is 19.8. The van der Waals surface area contributed by atoms with E-state index in [4.69, 9.17) is 16.3 Å². The first-order valence-corrected chi connectivity index (χ1v) is 12.5. The Labute approximate surface area is 201 Å². The molecule has 0 fully saturated rings. The molecule has 0 aliphatic carbocycles. The minimum absolute atomic E-state index is 0.263. The molecular formula is C24H24ClN5O2S. The van der Waals surface area contributed by atoms with Gasteiger partial charge in [-0.25, -0.2) is 0 Å². The molecule has 0 bridgehead atoms. The van der Waals surface area contributed by atoms with Crippen molar-refractivity contribution in [3.05, 3.63) is 53.1 Å². The standard InChI is InChI=1S/C24H24ClN5O2S/c1-2-3-4-5-8-13-33-23-27-21-20(29-30-23)16-9-6-7-10-18(16)28-24(32-21)17-14-15(25)11-12-19(17)26-22(24)31/h6-7,9-12,14,28H,2-5,8,13H2,1H3,(H,26,31)/t24-/m1/s1. The molecule has 33 heavy (non-hydrogen) atoms. The highest BCUT2D eigenvalue weighted by molar-refractivity contribution is 7.99. The smallest absolute Gasteiger partial charge is 0.295 e. The van der Waals surface area contributed by atoms with Gasteiger partial charge < -0.3 is 15.4 Å². The Morgan fingerprint density at radius 2 is 1.91 bits per heavy atom. The quantitative estimate of drug-likeness (QED) is 0.322. The van der Waals surface area contributed by atoms with Crippen LogP contribution in [0.25, 0.3) is 11.3 Å². The van der Waals surface area contributed by atoms with Crippen molar-refractivity contribution in [2.45, 2.75) is 49.9 Å². The van der Waals surface area contributed by atoms with Gasteiger partial charge in [0.2, 0.25) is 11.0 Å². The van der Waals surface area contributed by atoms with Crippen LogP contribution in [-0.2, 0) is 10.5 Å². The summed E-state index contributed by atoms with van der Waals surface area (Å²) in [6.07, 6.45) is 6.01. The number of rotatable bonds is 7. The van der Waals surface area contributed by atoms with Crippen LogP contribution in [-0.4, -0.2) is 26.8 Å². The highest BCUT2D eigenvalue weighted by atomic mass is 35.5. The number of carbonyl (C=O) groups is 1. The van der Waals surface area contributed by atoms with Crippen molar-refractivity contribution in [2.24, 2.45) is 0 Å². The van der Waals surface area contributed by atoms with E-state index in [9.17, 15) is 4.79 Å². The van der Waals surface area contributed by atoms with Crippen molar-refractivity contribution in [3.63, 3.8) is 0 Å². The average molecular weight is 482 g/mol. The molecule has 3 aromatic rings. The molecule has 0 saturated heterocycles. The van der Waals surface area contributed by atoms with Gasteiger partial charge in [-0.1, -0.05) is 74.2 Å². The summed E-state index contributed by atoms with van der Waals surface area (Å²) in [5.74, 6) is 0.827. The van der Waals surface area contributed by atoms with Crippen LogP contribution in [0.15, 0.2) is 47.6 Å². The molecular weight excluding hydrogens is 458 g/mol. The Bertz CT molecular complexity index is 1210. The predicted molar refractivity (Wildman–Crippen MR) is 131 cm³/mol. The molecule has 3 heterocycles. The first-order chi connectivity index (χ1) is 16.1. The lowest BCUT2D eigenvalue weighted by molar-refractivity contribution is -0.128. The summed E-state index contributed by atoms with van der Waals surface area (Å²) in [7, 11) is 0. The number of halogens is 1. The van der Waals surface area contributed by atoms with Crippen LogP contribution in [0.1, 0.15) is 44.6 Å². The molecule has 2 aliphatic rings. The van der Waals surface area contributed by atoms with Crippen LogP contribution in [0.3, 0.4) is 0 Å². The number of carbonyl (C=O) groups excluding carboxylic acids is 1. The molecule has 9 heteroatoms. The van der Waals surface area contributed by atoms with Crippen molar-refractivity contribution < 1.29 is 9.53 Å². The largest absolute Gasteiger partial charge is 0.435 e. The monoisotopic (exact) mass is 481 g/mol. The fourth-order valence-corrected chi connectivity index (χ4v) is 5.05. The number of unbranched alkanes of at least 4 members (excludes halogenated alkanes) is 4. The molecule has 1 atom stereocenters. The number of hydrogen-bond acceptors (Lipinski definition) is 7. The van der Waals surface area contributed by atoms with E-state index >= 15 is 0 Å². The molecule has 170 valence electrons. The molecule has 0 unspecified atom stereocenters. The van der Waals surface area contributed by atoms with Crippen LogP contribution in [0.5, 0.6) is 5.88 Å². The van der Waals surface area contributed by atoms with Gasteiger partial charge in [0.25, 0.3) is 11.6 Å². The van der Waals surface area contributed by atoms with Gasteiger partial charge in [0, 0.05) is 22.0 Å². The molecule has 0 saturated carbocycles. The van der Waals surface area contributed by atoms with Crippen LogP contribution < -0.4 is 15.4 Å². The number of benzene rings is 2. The number of hydrogen-bond donors (Lipinski definition) is 2. The molecule has 1 aromatic heterocycles. The second-order valence-corrected chi connectivity index (χ2v) is 9.61. The first-order valence-electron chi connectivity index (χ1n) is 11.2. The maximum atomic E-state index is 13.3. The zero-order valence-electron chi connectivity index (χ0n) is 18.2. The van der Waals surface area contributed by atoms with Gasteiger partial charge in [0.05, 0.1) is 11.3 Å². The molecule has 0 radical (unpaired) electrons. The van der Waals surface area contributed by atoms with E-state index < -0.39 is 5.72 Å². The lowest BCUT2D eigenvalue weighted by atomic mass is 10.0. The minimum atomic E-state index is -1.51. The lowest BCUT2D eigenvalue weighted by Crippen LogP contribution is -2.47. The minimum Gasteiger partial charge on any atom is -0.435 e. The van der Waals surface area contributed by atoms with Crippen LogP contribution in [0.4, 0.5) is 11.4 Å². The van der Waals surface area contributed by atoms with E-state index in [-0.39, 0.29) is 11.8 Å². The van der Waals surface area contributed by atoms with E-state index in [1.165, 1.54) is 25.7 Å². The molecule has 2 aromatic carbocycles. The molecule has 5 rings (SSSR count). The molecule has 1 spiro atoms. The average Bonchev–Trinajstić information content (AvgIpc) is 2.98. The first kappa shape index (κ1) is 22.0. The van der Waals surface area contributed by atoms with Gasteiger partial charge in [0.15, 0.2) is 5.69 Å². The maximum Gasteiger partial charge on any atom is 0.295 e. The van der Waals surface area contributed by atoms with Gasteiger partial charge in [-0.15, -0.1) is 10.2 Å². The van der Waals surface area contributed by atoms with Gasteiger partial charge in [-0.05, 0) is 30.7 Å². The van der Waals surface area contributed by atoms with Crippen molar-refractivity contribution >= 4 is 40.6 Å². The van der Waals surface area contributed by atoms with Crippen LogP contribution in [0.2, 0.25) is 5.02 Å². The molecule has 1 amide bonds. The van der Waals surface area contributed by atoms with Gasteiger partial charge >= 0.3 is 0 Å². The van der Waals surface area contributed by atoms with E-state index in [1.54, 1.807) is 30.0 Å². The maximum absolute atomic E-state index is 13.3. The van der Waals surface area contributed by atoms with Crippen LogP contribution >= 0.6 is 23.4 Å². The summed E-state index contributed by atoms with van der Waals surface area (Å²) >= 11 is 7.83. The fraction of sp³-hybridized carbons (Fsp3) is 0.333. The molecule has 2 N–H and O–H groups in total. The van der Waals surface area contributed by atoms with Crippen molar-refractivity contribution in [1.82, 2.24) is 15.2 Å². The van der Waals surface area contributed by atoms with E-state index in [1.807, 2.05) is 24.3 Å². The summed E-state index contributed by atoms with van der Waals surface area (Å²) in [5, 5.41) is 16.0. The third kappa shape index (κ3) is 4.13. The van der Waals surface area contributed by atoms with Crippen molar-refractivity contribution in [2.75, 3.05) is 16.4 Å². The zero-order chi connectivity index (χ0) is 22.8. The summed E-state index contributed by atoms with van der Waals surface area (Å²) < 4.78 is 6.37. The summed E-state index contributed by atoms with van der Waals surface area (Å²) in [5.41, 5.74) is 1.69. The highest BCUT2D eigenvalue weighted by Crippen LogP contribution is 2.47. The number of fused-ring (bicyclic) bond motifs is 5. The Kier molecular flexibility index (Phi) is 6.12. The number of ether oxygens (including phenoxy) is 1. The lowest BCUT2D eigenvalue weighted by Gasteiger charge is -2.28. The number of amides is 1. The second-order valence-electron chi connectivity index (χ2n) is 8.11. The van der Waals surface area contributed by atoms with E-state index in [0.717, 1.165) is 17.7 Å². The third-order valence-corrected chi connectivity index (χ3v) is 6.94. The van der Waals surface area contributed by atoms with Crippen molar-refractivity contribution in [1.29, 1.82) is 0 Å². The van der Waals surface area contributed by atoms with E-state index in [2.05, 4.69) is 32.7 Å². The number of thioether (sulfide) groups is 1. The van der Waals surface area contributed by atoms with Gasteiger partial charge in [-0.3, -0.25) is 4.79 Å². The number of para-hydroxylation sites is 1. The molecule has 7 nitrogen and oxygen atoms in total. The van der Waals surface area contributed by atoms with Crippen molar-refractivity contribution in [3.8, 4) is 17.1 Å². The second kappa shape index (κ2) is 9.19. The fourth-order valence-electron chi connectivity index (χ4n) is 4.10.